The lowest BCUT2D eigenvalue weighted by Crippen LogP contribution is -2.28. The molecule has 2 heteroatoms. The molecule has 2 aliphatic rings. The summed E-state index contributed by atoms with van der Waals surface area (Å²) in [6, 6.07) is 9.65. The van der Waals surface area contributed by atoms with Gasteiger partial charge in [0.2, 0.25) is 0 Å². The molecular weight excluding hydrogens is 280 g/mol. The summed E-state index contributed by atoms with van der Waals surface area (Å²) in [6.45, 7) is 4.25. The average molecular weight is 313 g/mol. The van der Waals surface area contributed by atoms with Crippen LogP contribution in [0.2, 0.25) is 0 Å². The molecule has 2 atom stereocenters. The summed E-state index contributed by atoms with van der Waals surface area (Å²) in [6.07, 6.45) is 12.1. The van der Waals surface area contributed by atoms with E-state index in [-0.39, 0.29) is 0 Å². The number of nitrogens with zero attached hydrogens (tertiary/aromatic N) is 1. The van der Waals surface area contributed by atoms with Crippen molar-refractivity contribution in [3.05, 3.63) is 47.2 Å². The van der Waals surface area contributed by atoms with Gasteiger partial charge in [-0.05, 0) is 56.5 Å². The molecule has 0 bridgehead atoms. The highest BCUT2D eigenvalue weighted by Crippen LogP contribution is 2.38. The van der Waals surface area contributed by atoms with Crippen molar-refractivity contribution >= 4 is 0 Å². The molecule has 2 nitrogen and oxygen atoms in total. The second-order valence-electron chi connectivity index (χ2n) is 7.45. The van der Waals surface area contributed by atoms with Gasteiger partial charge >= 0.3 is 0 Å². The van der Waals surface area contributed by atoms with Crippen LogP contribution in [0.15, 0.2) is 36.0 Å². The van der Waals surface area contributed by atoms with E-state index in [1.165, 1.54) is 56.1 Å². The standard InChI is InChI=1S/C21H32N2/c1-17-10-12-18(13-11-17)15-22-14-6-7-19-16-23(2)21-9-5-3-4-8-20(19)21/h10-13,16,20-22H,3-9,14-15H2,1-2H3. The number of hydrogen-bond acceptors (Lipinski definition) is 2. The maximum Gasteiger partial charge on any atom is 0.0347 e. The van der Waals surface area contributed by atoms with E-state index in [0.29, 0.717) is 0 Å². The summed E-state index contributed by atoms with van der Waals surface area (Å²) in [5, 5.41) is 3.60. The number of nitrogens with one attached hydrogen (secondary N) is 1. The predicted molar refractivity (Wildman–Crippen MR) is 98.3 cm³/mol. The molecule has 1 aromatic rings. The van der Waals surface area contributed by atoms with Crippen LogP contribution in [-0.4, -0.2) is 24.5 Å². The third kappa shape index (κ3) is 4.38. The molecule has 126 valence electrons. The van der Waals surface area contributed by atoms with Gasteiger partial charge in [0.05, 0.1) is 0 Å². The van der Waals surface area contributed by atoms with Crippen LogP contribution >= 0.6 is 0 Å². The van der Waals surface area contributed by atoms with Crippen molar-refractivity contribution in [2.75, 3.05) is 13.6 Å². The van der Waals surface area contributed by atoms with Gasteiger partial charge < -0.3 is 10.2 Å². The predicted octanol–water partition coefficient (Wildman–Crippen LogP) is 4.64. The maximum absolute atomic E-state index is 3.60. The molecule has 1 saturated carbocycles. The Bertz CT molecular complexity index is 517. The van der Waals surface area contributed by atoms with Gasteiger partial charge in [0.25, 0.3) is 0 Å². The summed E-state index contributed by atoms with van der Waals surface area (Å²) in [4.78, 5) is 2.51. The number of rotatable bonds is 6. The first-order valence-electron chi connectivity index (χ1n) is 9.43. The van der Waals surface area contributed by atoms with Gasteiger partial charge in [-0.2, -0.15) is 0 Å². The van der Waals surface area contributed by atoms with E-state index in [1.54, 1.807) is 5.57 Å². The minimum absolute atomic E-state index is 0.799. The van der Waals surface area contributed by atoms with Crippen LogP contribution in [0.3, 0.4) is 0 Å². The Morgan fingerprint density at radius 1 is 1.09 bits per heavy atom. The van der Waals surface area contributed by atoms with E-state index in [2.05, 4.69) is 54.7 Å². The van der Waals surface area contributed by atoms with Gasteiger partial charge in [0.1, 0.15) is 0 Å². The lowest BCUT2D eigenvalue weighted by Gasteiger charge is -2.25. The lowest BCUT2D eigenvalue weighted by molar-refractivity contribution is 0.279. The fraction of sp³-hybridized carbons (Fsp3) is 0.619. The topological polar surface area (TPSA) is 15.3 Å². The van der Waals surface area contributed by atoms with Gasteiger partial charge in [-0.1, -0.05) is 49.1 Å². The molecule has 3 rings (SSSR count). The number of benzene rings is 1. The van der Waals surface area contributed by atoms with Crippen molar-refractivity contribution in [2.45, 2.75) is 64.5 Å². The van der Waals surface area contributed by atoms with E-state index in [0.717, 1.165) is 25.0 Å². The molecule has 2 unspecified atom stereocenters. The number of hydrogen-bond donors (Lipinski definition) is 1. The zero-order valence-electron chi connectivity index (χ0n) is 14.9. The summed E-state index contributed by atoms with van der Waals surface area (Å²) in [5.74, 6) is 0.847. The highest BCUT2D eigenvalue weighted by atomic mass is 15.1. The van der Waals surface area contributed by atoms with E-state index < -0.39 is 0 Å². The molecule has 1 fully saturated rings. The summed E-state index contributed by atoms with van der Waals surface area (Å²) >= 11 is 0. The van der Waals surface area contributed by atoms with Crippen LogP contribution in [0.4, 0.5) is 0 Å². The van der Waals surface area contributed by atoms with Crippen molar-refractivity contribution in [1.82, 2.24) is 10.2 Å². The Morgan fingerprint density at radius 2 is 1.87 bits per heavy atom. The number of fused-ring (bicyclic) bond motifs is 1. The molecule has 0 amide bonds. The van der Waals surface area contributed by atoms with E-state index in [9.17, 15) is 0 Å². The van der Waals surface area contributed by atoms with Gasteiger partial charge in [-0.25, -0.2) is 0 Å². The lowest BCUT2D eigenvalue weighted by atomic mass is 9.88. The van der Waals surface area contributed by atoms with Crippen molar-refractivity contribution < 1.29 is 0 Å². The van der Waals surface area contributed by atoms with Crippen molar-refractivity contribution in [2.24, 2.45) is 5.92 Å². The monoisotopic (exact) mass is 312 g/mol. The van der Waals surface area contributed by atoms with E-state index in [1.807, 2.05) is 0 Å². The highest BCUT2D eigenvalue weighted by Gasteiger charge is 2.33. The normalized spacial score (nSPS) is 24.3. The van der Waals surface area contributed by atoms with Gasteiger partial charge in [-0.3, -0.25) is 0 Å². The minimum Gasteiger partial charge on any atom is -0.377 e. The van der Waals surface area contributed by atoms with Crippen molar-refractivity contribution in [3.63, 3.8) is 0 Å². The Balaban J connectivity index is 1.40. The molecule has 1 aromatic carbocycles. The van der Waals surface area contributed by atoms with Crippen molar-refractivity contribution in [3.8, 4) is 0 Å². The minimum atomic E-state index is 0.799. The highest BCUT2D eigenvalue weighted by molar-refractivity contribution is 5.21. The second kappa shape index (κ2) is 8.01. The molecule has 1 N–H and O–H groups in total. The first kappa shape index (κ1) is 16.6. The Hall–Kier alpha value is -1.28. The molecule has 0 radical (unpaired) electrons. The first-order chi connectivity index (χ1) is 11.2. The van der Waals surface area contributed by atoms with Gasteiger partial charge in [0.15, 0.2) is 0 Å². The third-order valence-electron chi connectivity index (χ3n) is 5.62. The molecular formula is C21H32N2. The third-order valence-corrected chi connectivity index (χ3v) is 5.62. The van der Waals surface area contributed by atoms with E-state index >= 15 is 0 Å². The Labute approximate surface area is 142 Å². The maximum atomic E-state index is 3.60. The molecule has 0 spiro atoms. The van der Waals surface area contributed by atoms with Crippen LogP contribution in [-0.2, 0) is 6.54 Å². The van der Waals surface area contributed by atoms with Crippen molar-refractivity contribution in [1.29, 1.82) is 0 Å². The zero-order chi connectivity index (χ0) is 16.1. The quantitative estimate of drug-likeness (QED) is 0.770. The average Bonchev–Trinajstić information content (AvgIpc) is 2.74. The smallest absolute Gasteiger partial charge is 0.0347 e. The number of aryl methyl sites for hydroxylation is 1. The molecule has 0 aromatic heterocycles. The zero-order valence-corrected chi connectivity index (χ0v) is 14.9. The fourth-order valence-corrected chi connectivity index (χ4v) is 4.27. The molecule has 1 aliphatic carbocycles. The Kier molecular flexibility index (Phi) is 5.77. The van der Waals surface area contributed by atoms with Gasteiger partial charge in [0, 0.05) is 25.6 Å². The van der Waals surface area contributed by atoms with Gasteiger partial charge in [-0.15, -0.1) is 0 Å². The van der Waals surface area contributed by atoms with Crippen LogP contribution < -0.4 is 5.32 Å². The van der Waals surface area contributed by atoms with E-state index in [4.69, 9.17) is 0 Å². The first-order valence-corrected chi connectivity index (χ1v) is 9.43. The SMILES string of the molecule is Cc1ccc(CNCCCC2=CN(C)C3CCCCCC23)cc1. The molecule has 23 heavy (non-hydrogen) atoms. The Morgan fingerprint density at radius 3 is 2.70 bits per heavy atom. The van der Waals surface area contributed by atoms with Crippen LogP contribution in [0.5, 0.6) is 0 Å². The fourth-order valence-electron chi connectivity index (χ4n) is 4.27. The summed E-state index contributed by atoms with van der Waals surface area (Å²) in [7, 11) is 2.28. The summed E-state index contributed by atoms with van der Waals surface area (Å²) < 4.78 is 0. The largest absolute Gasteiger partial charge is 0.377 e. The van der Waals surface area contributed by atoms with Crippen LogP contribution in [0, 0.1) is 12.8 Å². The second-order valence-corrected chi connectivity index (χ2v) is 7.45. The molecule has 0 saturated heterocycles. The molecule has 1 aliphatic heterocycles. The molecule has 1 heterocycles. The summed E-state index contributed by atoms with van der Waals surface area (Å²) in [5.41, 5.74) is 4.44. The van der Waals surface area contributed by atoms with Crippen LogP contribution in [0.25, 0.3) is 0 Å². The van der Waals surface area contributed by atoms with Crippen LogP contribution in [0.1, 0.15) is 56.1 Å².